The number of rotatable bonds is 5. The number of para-hydroxylation sites is 1. The third-order valence-electron chi connectivity index (χ3n) is 4.86. The van der Waals surface area contributed by atoms with Crippen LogP contribution < -0.4 is 5.32 Å². The van der Waals surface area contributed by atoms with Gasteiger partial charge in [0.15, 0.2) is 0 Å². The Hall–Kier alpha value is -2.27. The maximum Gasteiger partial charge on any atom is 0.226 e. The molecule has 27 heavy (non-hydrogen) atoms. The van der Waals surface area contributed by atoms with E-state index in [-0.39, 0.29) is 5.91 Å². The van der Waals surface area contributed by atoms with Gasteiger partial charge in [0.1, 0.15) is 11.1 Å². The van der Waals surface area contributed by atoms with Crippen LogP contribution >= 0.6 is 22.7 Å². The Balaban J connectivity index is 1.33. The van der Waals surface area contributed by atoms with Gasteiger partial charge >= 0.3 is 0 Å². The second kappa shape index (κ2) is 8.17. The molecule has 1 atom stereocenters. The summed E-state index contributed by atoms with van der Waals surface area (Å²) >= 11 is 3.18. The molecule has 0 saturated carbocycles. The summed E-state index contributed by atoms with van der Waals surface area (Å²) in [5, 5.41) is 15.6. The fraction of sp³-hybridized carbons (Fsp3) is 0.350. The van der Waals surface area contributed by atoms with Crippen LogP contribution in [0.25, 0.3) is 10.2 Å². The molecule has 5 nitrogen and oxygen atoms in total. The number of aromatic nitrogens is 1. The molecule has 138 valence electrons. The van der Waals surface area contributed by atoms with Crippen molar-refractivity contribution in [2.24, 2.45) is 0 Å². The molecular weight excluding hydrogens is 376 g/mol. The fourth-order valence-electron chi connectivity index (χ4n) is 3.47. The highest BCUT2D eigenvalue weighted by atomic mass is 32.1. The van der Waals surface area contributed by atoms with Gasteiger partial charge in [0.25, 0.3) is 0 Å². The molecule has 1 fully saturated rings. The molecule has 4 rings (SSSR count). The Kier molecular flexibility index (Phi) is 5.48. The largest absolute Gasteiger partial charge is 0.317 e. The maximum atomic E-state index is 12.2. The van der Waals surface area contributed by atoms with Crippen LogP contribution in [0.4, 0.5) is 5.00 Å². The average molecular weight is 397 g/mol. The molecule has 1 aliphatic rings. The maximum absolute atomic E-state index is 12.2. The Bertz CT molecular complexity index is 954. The molecule has 1 saturated heterocycles. The molecule has 0 bridgehead atoms. The van der Waals surface area contributed by atoms with Crippen molar-refractivity contribution >= 4 is 43.8 Å². The summed E-state index contributed by atoms with van der Waals surface area (Å²) in [6.45, 7) is 2.72. The number of hydrogen-bond donors (Lipinski definition) is 1. The van der Waals surface area contributed by atoms with E-state index in [4.69, 9.17) is 10.2 Å². The molecule has 3 heterocycles. The SMILES string of the molecule is N#Cc1ccsc1NC(=O)CCN1CCC[C@H](c2nc3ccccc3s2)C1. The molecule has 0 spiro atoms. The number of carbonyl (C=O) groups is 1. The van der Waals surface area contributed by atoms with Crippen LogP contribution in [0, 0.1) is 11.3 Å². The van der Waals surface area contributed by atoms with Crippen molar-refractivity contribution in [2.45, 2.75) is 25.2 Å². The number of piperidine rings is 1. The lowest BCUT2D eigenvalue weighted by atomic mass is 9.98. The number of nitrogens with zero attached hydrogens (tertiary/aromatic N) is 3. The molecule has 1 aromatic carbocycles. The molecule has 0 radical (unpaired) electrons. The van der Waals surface area contributed by atoms with Gasteiger partial charge in [-0.3, -0.25) is 4.79 Å². The minimum atomic E-state index is -0.0314. The van der Waals surface area contributed by atoms with E-state index in [0.29, 0.717) is 22.9 Å². The summed E-state index contributed by atoms with van der Waals surface area (Å²) < 4.78 is 1.24. The lowest BCUT2D eigenvalue weighted by Gasteiger charge is -2.31. The van der Waals surface area contributed by atoms with Crippen LogP contribution in [0.15, 0.2) is 35.7 Å². The number of benzene rings is 1. The first-order valence-corrected chi connectivity index (χ1v) is 10.8. The van der Waals surface area contributed by atoms with Gasteiger partial charge in [-0.15, -0.1) is 22.7 Å². The third kappa shape index (κ3) is 4.19. The molecule has 0 aliphatic carbocycles. The molecule has 7 heteroatoms. The van der Waals surface area contributed by atoms with Crippen molar-refractivity contribution < 1.29 is 4.79 Å². The molecule has 1 N–H and O–H groups in total. The molecule has 1 amide bonds. The first-order valence-electron chi connectivity index (χ1n) is 9.08. The first-order chi connectivity index (χ1) is 13.2. The number of thiophene rings is 1. The van der Waals surface area contributed by atoms with Crippen molar-refractivity contribution in [2.75, 3.05) is 25.0 Å². The van der Waals surface area contributed by atoms with Gasteiger partial charge < -0.3 is 10.2 Å². The quantitative estimate of drug-likeness (QED) is 0.692. The van der Waals surface area contributed by atoms with Gasteiger partial charge in [-0.05, 0) is 43.0 Å². The van der Waals surface area contributed by atoms with Gasteiger partial charge in [0, 0.05) is 25.4 Å². The van der Waals surface area contributed by atoms with E-state index in [9.17, 15) is 4.79 Å². The first kappa shape index (κ1) is 18.1. The summed E-state index contributed by atoms with van der Waals surface area (Å²) in [5.41, 5.74) is 1.61. The lowest BCUT2D eigenvalue weighted by molar-refractivity contribution is -0.116. The van der Waals surface area contributed by atoms with E-state index in [1.165, 1.54) is 21.0 Å². The van der Waals surface area contributed by atoms with E-state index >= 15 is 0 Å². The van der Waals surface area contributed by atoms with Crippen LogP contribution in [0.3, 0.4) is 0 Å². The Morgan fingerprint density at radius 3 is 3.11 bits per heavy atom. The highest BCUT2D eigenvalue weighted by Gasteiger charge is 2.24. The zero-order valence-corrected chi connectivity index (χ0v) is 16.5. The molecule has 3 aromatic rings. The fourth-order valence-corrected chi connectivity index (χ4v) is 5.31. The molecule has 0 unspecified atom stereocenters. The van der Waals surface area contributed by atoms with Gasteiger partial charge in [-0.25, -0.2) is 4.98 Å². The normalized spacial score (nSPS) is 17.7. The van der Waals surface area contributed by atoms with Gasteiger partial charge in [0.05, 0.1) is 20.8 Å². The number of hydrogen-bond acceptors (Lipinski definition) is 6. The molecule has 2 aromatic heterocycles. The zero-order valence-electron chi connectivity index (χ0n) is 14.9. The summed E-state index contributed by atoms with van der Waals surface area (Å²) in [7, 11) is 0. The van der Waals surface area contributed by atoms with E-state index in [0.717, 1.165) is 38.0 Å². The topological polar surface area (TPSA) is 69.0 Å². The second-order valence-electron chi connectivity index (χ2n) is 6.73. The third-order valence-corrected chi connectivity index (χ3v) is 6.89. The zero-order chi connectivity index (χ0) is 18.6. The number of anilines is 1. The van der Waals surface area contributed by atoms with Crippen molar-refractivity contribution in [1.29, 1.82) is 5.26 Å². The van der Waals surface area contributed by atoms with Gasteiger partial charge in [-0.1, -0.05) is 12.1 Å². The highest BCUT2D eigenvalue weighted by Crippen LogP contribution is 2.33. The van der Waals surface area contributed by atoms with Crippen molar-refractivity contribution in [3.63, 3.8) is 0 Å². The highest BCUT2D eigenvalue weighted by molar-refractivity contribution is 7.18. The minimum absolute atomic E-state index is 0.0314. The van der Waals surface area contributed by atoms with Gasteiger partial charge in [0.2, 0.25) is 5.91 Å². The van der Waals surface area contributed by atoms with Crippen LogP contribution in [-0.4, -0.2) is 35.4 Å². The number of likely N-dealkylation sites (tertiary alicyclic amines) is 1. The second-order valence-corrected chi connectivity index (χ2v) is 8.71. The smallest absolute Gasteiger partial charge is 0.226 e. The Morgan fingerprint density at radius 2 is 2.26 bits per heavy atom. The Morgan fingerprint density at radius 1 is 1.37 bits per heavy atom. The number of nitrogens with one attached hydrogen (secondary N) is 1. The monoisotopic (exact) mass is 396 g/mol. The number of amides is 1. The van der Waals surface area contributed by atoms with E-state index in [1.54, 1.807) is 17.4 Å². The van der Waals surface area contributed by atoms with Crippen molar-refractivity contribution in [1.82, 2.24) is 9.88 Å². The number of fused-ring (bicyclic) bond motifs is 1. The van der Waals surface area contributed by atoms with Crippen LogP contribution in [0.1, 0.15) is 35.8 Å². The van der Waals surface area contributed by atoms with E-state index < -0.39 is 0 Å². The van der Waals surface area contributed by atoms with Crippen molar-refractivity contribution in [3.05, 3.63) is 46.3 Å². The number of nitriles is 1. The summed E-state index contributed by atoms with van der Waals surface area (Å²) in [5.74, 6) is 0.415. The summed E-state index contributed by atoms with van der Waals surface area (Å²) in [6, 6.07) is 12.1. The molecular formula is C20H20N4OS2. The minimum Gasteiger partial charge on any atom is -0.317 e. The molecule has 1 aliphatic heterocycles. The number of thiazole rings is 1. The Labute approximate surface area is 166 Å². The van der Waals surface area contributed by atoms with Crippen LogP contribution in [-0.2, 0) is 4.79 Å². The average Bonchev–Trinajstić information content (AvgIpc) is 3.33. The predicted octanol–water partition coefficient (Wildman–Crippen LogP) is 4.44. The van der Waals surface area contributed by atoms with E-state index in [2.05, 4.69) is 34.5 Å². The lowest BCUT2D eigenvalue weighted by Crippen LogP contribution is -2.36. The summed E-state index contributed by atoms with van der Waals surface area (Å²) in [6.07, 6.45) is 2.73. The van der Waals surface area contributed by atoms with E-state index in [1.807, 2.05) is 11.4 Å². The predicted molar refractivity (Wildman–Crippen MR) is 110 cm³/mol. The van der Waals surface area contributed by atoms with Crippen molar-refractivity contribution in [3.8, 4) is 6.07 Å². The summed E-state index contributed by atoms with van der Waals surface area (Å²) in [4.78, 5) is 19.4. The van der Waals surface area contributed by atoms with Gasteiger partial charge in [-0.2, -0.15) is 5.26 Å². The number of carbonyl (C=O) groups excluding carboxylic acids is 1. The standard InChI is InChI=1S/C20H20N4OS2/c21-12-14-8-11-26-19(14)23-18(25)7-10-24-9-3-4-15(13-24)20-22-16-5-1-2-6-17(16)27-20/h1-2,5-6,8,11,15H,3-4,7,9-10,13H2,(H,23,25)/t15-/m0/s1. The van der Waals surface area contributed by atoms with Crippen LogP contribution in [0.2, 0.25) is 0 Å². The van der Waals surface area contributed by atoms with Crippen LogP contribution in [0.5, 0.6) is 0 Å².